The first-order chi connectivity index (χ1) is 12.7. The number of hydrogen-bond acceptors (Lipinski definition) is 6. The Morgan fingerprint density at radius 3 is 2.31 bits per heavy atom. The van der Waals surface area contributed by atoms with Crippen molar-refractivity contribution in [3.63, 3.8) is 0 Å². The average Bonchev–Trinajstić information content (AvgIpc) is 3.26. The molecule has 1 unspecified atom stereocenters. The van der Waals surface area contributed by atoms with Crippen molar-refractivity contribution in [2.75, 3.05) is 25.4 Å². The van der Waals surface area contributed by atoms with E-state index in [1.807, 2.05) is 19.1 Å². The smallest absolute Gasteiger partial charge is 0.215 e. The summed E-state index contributed by atoms with van der Waals surface area (Å²) in [6, 6.07) is 7.24. The molecule has 2 bridgehead atoms. The van der Waals surface area contributed by atoms with E-state index >= 15 is 0 Å². The fourth-order valence-electron chi connectivity index (χ4n) is 4.80. The summed E-state index contributed by atoms with van der Waals surface area (Å²) in [6.07, 6.45) is 2.36. The number of fused-ring (bicyclic) bond motifs is 4. The summed E-state index contributed by atoms with van der Waals surface area (Å²) in [7, 11) is -2.31. The summed E-state index contributed by atoms with van der Waals surface area (Å²) in [5, 5.41) is 0.682. The lowest BCUT2D eigenvalue weighted by atomic mass is 9.78. The van der Waals surface area contributed by atoms with Gasteiger partial charge in [0.15, 0.2) is 0 Å². The number of carbonyl (C=O) groups is 2. The molecular formula is C19H21N3O2S2. The minimum Gasteiger partial charge on any atom is -0.303 e. The molecule has 7 heteroatoms. The fourth-order valence-corrected chi connectivity index (χ4v) is 8.97. The van der Waals surface area contributed by atoms with Crippen LogP contribution in [0.25, 0.3) is 0 Å². The summed E-state index contributed by atoms with van der Waals surface area (Å²) in [4.78, 5) is 29.3. The van der Waals surface area contributed by atoms with Crippen molar-refractivity contribution in [2.45, 2.75) is 30.7 Å². The molecule has 136 valence electrons. The van der Waals surface area contributed by atoms with Gasteiger partial charge in [-0.3, -0.25) is 9.59 Å². The van der Waals surface area contributed by atoms with E-state index in [9.17, 15) is 9.59 Å². The van der Waals surface area contributed by atoms with E-state index in [4.69, 9.17) is 0 Å². The predicted octanol–water partition coefficient (Wildman–Crippen LogP) is 3.52. The zero-order valence-corrected chi connectivity index (χ0v) is 16.3. The Bertz CT molecular complexity index is 867. The first-order valence-electron chi connectivity index (χ1n) is 9.20. The molecule has 0 spiro atoms. The SMILES string of the molecule is CCS1(c2nsnc2C2CN3CCC2CC3)C(=O)c2ccccc2C1=O. The van der Waals surface area contributed by atoms with Crippen LogP contribution in [0, 0.1) is 5.92 Å². The van der Waals surface area contributed by atoms with Crippen molar-refractivity contribution >= 4 is 32.0 Å². The molecule has 0 N–H and O–H groups in total. The third-order valence-electron chi connectivity index (χ3n) is 6.25. The molecule has 1 atom stereocenters. The summed E-state index contributed by atoms with van der Waals surface area (Å²) < 4.78 is 9.24. The summed E-state index contributed by atoms with van der Waals surface area (Å²) in [5.74, 6) is 1.43. The van der Waals surface area contributed by atoms with Gasteiger partial charge in [-0.2, -0.15) is 8.75 Å². The Morgan fingerprint density at radius 1 is 1.12 bits per heavy atom. The third kappa shape index (κ3) is 2.08. The molecule has 26 heavy (non-hydrogen) atoms. The third-order valence-corrected chi connectivity index (χ3v) is 10.4. The number of benzene rings is 1. The van der Waals surface area contributed by atoms with E-state index < -0.39 is 10.0 Å². The fraction of sp³-hybridized carbons (Fsp3) is 0.474. The molecule has 2 aromatic rings. The van der Waals surface area contributed by atoms with E-state index in [1.54, 1.807) is 12.1 Å². The van der Waals surface area contributed by atoms with Gasteiger partial charge in [0.2, 0.25) is 10.2 Å². The number of aromatic nitrogens is 2. The Labute approximate surface area is 158 Å². The van der Waals surface area contributed by atoms with Gasteiger partial charge in [-0.25, -0.2) is 0 Å². The van der Waals surface area contributed by atoms with Crippen molar-refractivity contribution < 1.29 is 9.59 Å². The second-order valence-electron chi connectivity index (χ2n) is 7.35. The van der Waals surface area contributed by atoms with Gasteiger partial charge < -0.3 is 4.90 Å². The zero-order valence-electron chi connectivity index (χ0n) is 14.7. The summed E-state index contributed by atoms with van der Waals surface area (Å²) >= 11 is 1.17. The molecule has 0 radical (unpaired) electrons. The summed E-state index contributed by atoms with van der Waals surface area (Å²) in [6.45, 7) is 5.25. The lowest BCUT2D eigenvalue weighted by Crippen LogP contribution is -2.46. The molecule has 3 saturated heterocycles. The van der Waals surface area contributed by atoms with Crippen LogP contribution in [0.2, 0.25) is 0 Å². The molecule has 0 saturated carbocycles. The maximum Gasteiger partial charge on any atom is 0.215 e. The van der Waals surface area contributed by atoms with Crippen LogP contribution in [0.3, 0.4) is 0 Å². The maximum absolute atomic E-state index is 13.4. The molecule has 5 nitrogen and oxygen atoms in total. The number of hydrogen-bond donors (Lipinski definition) is 0. The molecule has 4 aliphatic heterocycles. The summed E-state index contributed by atoms with van der Waals surface area (Å²) in [5.41, 5.74) is 2.08. The zero-order chi connectivity index (χ0) is 17.9. The molecule has 1 aromatic heterocycles. The highest BCUT2D eigenvalue weighted by Crippen LogP contribution is 2.65. The Morgan fingerprint density at radius 2 is 1.77 bits per heavy atom. The average molecular weight is 388 g/mol. The number of carbonyl (C=O) groups excluding carboxylic acids is 2. The topological polar surface area (TPSA) is 63.2 Å². The highest BCUT2D eigenvalue weighted by Gasteiger charge is 2.52. The van der Waals surface area contributed by atoms with Crippen LogP contribution >= 0.6 is 21.8 Å². The second kappa shape index (κ2) is 5.97. The standard InChI is InChI=1S/C19H21N3O2S2/c1-2-26(18(23)13-5-3-4-6-14(13)19(26)24)17-16(20-25-21-17)15-11-22-9-7-12(15)8-10-22/h3-6,12,15H,2,7-11H2,1H3. The molecule has 6 rings (SSSR count). The van der Waals surface area contributed by atoms with Crippen molar-refractivity contribution in [1.29, 1.82) is 0 Å². The molecule has 3 fully saturated rings. The van der Waals surface area contributed by atoms with Crippen LogP contribution in [-0.2, 0) is 0 Å². The lowest BCUT2D eigenvalue weighted by molar-refractivity contribution is 0.0845. The van der Waals surface area contributed by atoms with Gasteiger partial charge in [0.1, 0.15) is 5.03 Å². The molecular weight excluding hydrogens is 366 g/mol. The molecule has 0 aliphatic carbocycles. The van der Waals surface area contributed by atoms with Gasteiger partial charge in [-0.05, 0) is 49.7 Å². The minimum atomic E-state index is -2.31. The Kier molecular flexibility index (Phi) is 3.81. The van der Waals surface area contributed by atoms with Gasteiger partial charge in [-0.15, -0.1) is 0 Å². The number of nitrogens with zero attached hydrogens (tertiary/aromatic N) is 3. The van der Waals surface area contributed by atoms with Crippen molar-refractivity contribution in [3.05, 3.63) is 41.1 Å². The minimum absolute atomic E-state index is 0.0178. The van der Waals surface area contributed by atoms with E-state index in [2.05, 4.69) is 13.6 Å². The van der Waals surface area contributed by atoms with Crippen LogP contribution in [0.15, 0.2) is 29.3 Å². The van der Waals surface area contributed by atoms with Crippen LogP contribution in [0.5, 0.6) is 0 Å². The predicted molar refractivity (Wildman–Crippen MR) is 103 cm³/mol. The normalized spacial score (nSPS) is 30.4. The monoisotopic (exact) mass is 387 g/mol. The van der Waals surface area contributed by atoms with E-state index in [0.29, 0.717) is 28.7 Å². The van der Waals surface area contributed by atoms with Gasteiger partial charge in [0.05, 0.1) is 17.4 Å². The Hall–Kier alpha value is -1.57. The Balaban J connectivity index is 1.63. The second-order valence-corrected chi connectivity index (χ2v) is 11.1. The lowest BCUT2D eigenvalue weighted by Gasteiger charge is -2.45. The first-order valence-corrected chi connectivity index (χ1v) is 11.7. The van der Waals surface area contributed by atoms with Crippen LogP contribution in [-0.4, -0.2) is 49.3 Å². The van der Waals surface area contributed by atoms with E-state index in [-0.39, 0.29) is 10.2 Å². The van der Waals surface area contributed by atoms with Gasteiger partial charge in [0.25, 0.3) is 0 Å². The molecule has 5 heterocycles. The number of rotatable bonds is 3. The van der Waals surface area contributed by atoms with Crippen molar-refractivity contribution in [2.24, 2.45) is 5.92 Å². The van der Waals surface area contributed by atoms with Crippen LogP contribution in [0.1, 0.15) is 52.1 Å². The molecule has 4 aliphatic rings. The molecule has 0 amide bonds. The van der Waals surface area contributed by atoms with Gasteiger partial charge >= 0.3 is 0 Å². The highest BCUT2D eigenvalue weighted by atomic mass is 32.3. The quantitative estimate of drug-likeness (QED) is 0.806. The van der Waals surface area contributed by atoms with Gasteiger partial charge in [-0.1, -0.05) is 29.1 Å². The van der Waals surface area contributed by atoms with Crippen molar-refractivity contribution in [1.82, 2.24) is 13.6 Å². The largest absolute Gasteiger partial charge is 0.303 e. The van der Waals surface area contributed by atoms with Crippen molar-refractivity contribution in [3.8, 4) is 0 Å². The number of piperidine rings is 3. The van der Waals surface area contributed by atoms with E-state index in [1.165, 1.54) is 24.6 Å². The maximum atomic E-state index is 13.4. The molecule has 1 aromatic carbocycles. The van der Waals surface area contributed by atoms with Crippen LogP contribution < -0.4 is 0 Å². The first kappa shape index (κ1) is 16.6. The highest BCUT2D eigenvalue weighted by molar-refractivity contribution is 8.56. The van der Waals surface area contributed by atoms with Crippen LogP contribution in [0.4, 0.5) is 0 Å². The van der Waals surface area contributed by atoms with Gasteiger partial charge in [0, 0.05) is 23.6 Å². The van der Waals surface area contributed by atoms with E-state index in [0.717, 1.165) is 30.4 Å².